The van der Waals surface area contributed by atoms with Gasteiger partial charge in [-0.05, 0) is 18.2 Å². The van der Waals surface area contributed by atoms with E-state index in [0.29, 0.717) is 0 Å². The van der Waals surface area contributed by atoms with Crippen molar-refractivity contribution in [1.82, 2.24) is 10.2 Å². The maximum absolute atomic E-state index is 12.9. The number of halogens is 1. The van der Waals surface area contributed by atoms with Crippen molar-refractivity contribution in [2.75, 3.05) is 26.4 Å². The second-order valence-electron chi connectivity index (χ2n) is 3.71. The lowest BCUT2D eigenvalue weighted by atomic mass is 10.2. The minimum absolute atomic E-state index is 0.100. The van der Waals surface area contributed by atoms with Gasteiger partial charge in [0.05, 0.1) is 12.2 Å². The standard InChI is InChI=1S/C11H14FN3O2/c1-15(2)10(16)6-14-11(17)7-3-4-8(12)9(13)5-7/h3-5H,6,13H2,1-2H3,(H,14,17). The first-order chi connectivity index (χ1) is 7.91. The van der Waals surface area contributed by atoms with Gasteiger partial charge in [-0.25, -0.2) is 4.39 Å². The van der Waals surface area contributed by atoms with Gasteiger partial charge in [-0.3, -0.25) is 9.59 Å². The minimum atomic E-state index is -0.578. The lowest BCUT2D eigenvalue weighted by Crippen LogP contribution is -2.36. The molecule has 1 aromatic carbocycles. The third kappa shape index (κ3) is 3.44. The van der Waals surface area contributed by atoms with Crippen LogP contribution in [-0.4, -0.2) is 37.4 Å². The zero-order valence-electron chi connectivity index (χ0n) is 9.66. The monoisotopic (exact) mass is 239 g/mol. The van der Waals surface area contributed by atoms with Crippen LogP contribution in [0.25, 0.3) is 0 Å². The van der Waals surface area contributed by atoms with Crippen molar-refractivity contribution >= 4 is 17.5 Å². The number of hydrogen-bond donors (Lipinski definition) is 2. The number of nitrogens with one attached hydrogen (secondary N) is 1. The summed E-state index contributed by atoms with van der Waals surface area (Å²) in [6, 6.07) is 3.64. The molecule has 1 rings (SSSR count). The summed E-state index contributed by atoms with van der Waals surface area (Å²) < 4.78 is 12.9. The molecule has 0 atom stereocenters. The summed E-state index contributed by atoms with van der Waals surface area (Å²) in [6.45, 7) is -0.108. The number of nitrogen functional groups attached to an aromatic ring is 1. The molecule has 5 nitrogen and oxygen atoms in total. The summed E-state index contributed by atoms with van der Waals surface area (Å²) in [5, 5.41) is 2.42. The topological polar surface area (TPSA) is 75.4 Å². The Morgan fingerprint density at radius 1 is 1.41 bits per heavy atom. The van der Waals surface area contributed by atoms with E-state index < -0.39 is 11.7 Å². The molecular formula is C11H14FN3O2. The zero-order valence-corrected chi connectivity index (χ0v) is 9.66. The smallest absolute Gasteiger partial charge is 0.251 e. The number of nitrogens with two attached hydrogens (primary N) is 1. The van der Waals surface area contributed by atoms with Crippen molar-refractivity contribution in [3.8, 4) is 0 Å². The van der Waals surface area contributed by atoms with Crippen LogP contribution in [0.5, 0.6) is 0 Å². The van der Waals surface area contributed by atoms with Gasteiger partial charge < -0.3 is 16.0 Å². The maximum Gasteiger partial charge on any atom is 0.251 e. The third-order valence-corrected chi connectivity index (χ3v) is 2.16. The molecular weight excluding hydrogens is 225 g/mol. The highest BCUT2D eigenvalue weighted by Crippen LogP contribution is 2.11. The Balaban J connectivity index is 2.64. The molecule has 6 heteroatoms. The Labute approximate surface area is 98.4 Å². The molecule has 0 fully saturated rings. The first kappa shape index (κ1) is 13.0. The molecule has 92 valence electrons. The van der Waals surface area contributed by atoms with E-state index in [1.165, 1.54) is 17.0 Å². The third-order valence-electron chi connectivity index (χ3n) is 2.16. The number of carbonyl (C=O) groups is 2. The fourth-order valence-corrected chi connectivity index (χ4v) is 1.10. The van der Waals surface area contributed by atoms with Crippen molar-refractivity contribution in [2.45, 2.75) is 0 Å². The zero-order chi connectivity index (χ0) is 13.0. The number of hydrogen-bond acceptors (Lipinski definition) is 3. The molecule has 0 aliphatic rings. The van der Waals surface area contributed by atoms with Gasteiger partial charge in [0.15, 0.2) is 0 Å². The summed E-state index contributed by atoms with van der Waals surface area (Å²) in [5.74, 6) is -1.27. The van der Waals surface area contributed by atoms with Gasteiger partial charge in [-0.1, -0.05) is 0 Å². The average molecular weight is 239 g/mol. The molecule has 0 bridgehead atoms. The lowest BCUT2D eigenvalue weighted by molar-refractivity contribution is -0.127. The Bertz CT molecular complexity index is 446. The molecule has 0 saturated heterocycles. The van der Waals surface area contributed by atoms with Gasteiger partial charge in [0, 0.05) is 19.7 Å². The molecule has 1 aromatic rings. The van der Waals surface area contributed by atoms with Crippen LogP contribution in [0.1, 0.15) is 10.4 Å². The molecule has 0 aliphatic carbocycles. The summed E-state index contributed by atoms with van der Waals surface area (Å²) in [5.41, 5.74) is 5.45. The van der Waals surface area contributed by atoms with Crippen LogP contribution in [0, 0.1) is 5.82 Å². The first-order valence-electron chi connectivity index (χ1n) is 4.95. The van der Waals surface area contributed by atoms with Gasteiger partial charge in [-0.15, -0.1) is 0 Å². The maximum atomic E-state index is 12.9. The highest BCUT2D eigenvalue weighted by Gasteiger charge is 2.10. The van der Waals surface area contributed by atoms with Gasteiger partial charge in [-0.2, -0.15) is 0 Å². The summed E-state index contributed by atoms with van der Waals surface area (Å²) in [7, 11) is 3.18. The molecule has 0 radical (unpaired) electrons. The number of nitrogens with zero attached hydrogens (tertiary/aromatic N) is 1. The lowest BCUT2D eigenvalue weighted by Gasteiger charge is -2.11. The molecule has 0 aliphatic heterocycles. The summed E-state index contributed by atoms with van der Waals surface area (Å²) in [6.07, 6.45) is 0. The Hall–Kier alpha value is -2.11. The number of anilines is 1. The Kier molecular flexibility index (Phi) is 4.03. The van der Waals surface area contributed by atoms with E-state index in [0.717, 1.165) is 6.07 Å². The quantitative estimate of drug-likeness (QED) is 0.741. The fourth-order valence-electron chi connectivity index (χ4n) is 1.10. The number of carbonyl (C=O) groups excluding carboxylic acids is 2. The van der Waals surface area contributed by atoms with Crippen molar-refractivity contribution in [2.24, 2.45) is 0 Å². The van der Waals surface area contributed by atoms with Gasteiger partial charge in [0.25, 0.3) is 5.91 Å². The van der Waals surface area contributed by atoms with Crippen molar-refractivity contribution in [3.63, 3.8) is 0 Å². The van der Waals surface area contributed by atoms with E-state index in [9.17, 15) is 14.0 Å². The molecule has 0 spiro atoms. The number of rotatable bonds is 3. The summed E-state index contributed by atoms with van der Waals surface area (Å²) in [4.78, 5) is 24.2. The van der Waals surface area contributed by atoms with Crippen LogP contribution in [0.15, 0.2) is 18.2 Å². The van der Waals surface area contributed by atoms with E-state index in [2.05, 4.69) is 5.32 Å². The first-order valence-corrected chi connectivity index (χ1v) is 4.95. The number of benzene rings is 1. The SMILES string of the molecule is CN(C)C(=O)CNC(=O)c1ccc(F)c(N)c1. The van der Waals surface area contributed by atoms with Crippen LogP contribution < -0.4 is 11.1 Å². The molecule has 3 N–H and O–H groups in total. The fraction of sp³-hybridized carbons (Fsp3) is 0.273. The Morgan fingerprint density at radius 3 is 2.59 bits per heavy atom. The molecule has 17 heavy (non-hydrogen) atoms. The van der Waals surface area contributed by atoms with E-state index >= 15 is 0 Å². The van der Waals surface area contributed by atoms with Gasteiger partial charge in [0.1, 0.15) is 5.82 Å². The second kappa shape index (κ2) is 5.29. The van der Waals surface area contributed by atoms with Crippen LogP contribution in [-0.2, 0) is 4.79 Å². The van der Waals surface area contributed by atoms with E-state index in [-0.39, 0.29) is 23.7 Å². The second-order valence-corrected chi connectivity index (χ2v) is 3.71. The largest absolute Gasteiger partial charge is 0.396 e. The van der Waals surface area contributed by atoms with E-state index in [1.807, 2.05) is 0 Å². The summed E-state index contributed by atoms with van der Waals surface area (Å²) >= 11 is 0. The number of amides is 2. The molecule has 0 saturated carbocycles. The minimum Gasteiger partial charge on any atom is -0.396 e. The van der Waals surface area contributed by atoms with Crippen LogP contribution in [0.2, 0.25) is 0 Å². The molecule has 2 amide bonds. The predicted molar refractivity (Wildman–Crippen MR) is 61.8 cm³/mol. The molecule has 0 unspecified atom stereocenters. The van der Waals surface area contributed by atoms with Crippen LogP contribution in [0.3, 0.4) is 0 Å². The van der Waals surface area contributed by atoms with Gasteiger partial charge >= 0.3 is 0 Å². The normalized spacial score (nSPS) is 9.82. The van der Waals surface area contributed by atoms with E-state index in [4.69, 9.17) is 5.73 Å². The van der Waals surface area contributed by atoms with E-state index in [1.54, 1.807) is 14.1 Å². The Morgan fingerprint density at radius 2 is 2.06 bits per heavy atom. The van der Waals surface area contributed by atoms with Gasteiger partial charge in [0.2, 0.25) is 5.91 Å². The highest BCUT2D eigenvalue weighted by atomic mass is 19.1. The average Bonchev–Trinajstić information content (AvgIpc) is 2.28. The van der Waals surface area contributed by atoms with Crippen molar-refractivity contribution in [1.29, 1.82) is 0 Å². The predicted octanol–water partition coefficient (Wildman–Crippen LogP) is 0.226. The highest BCUT2D eigenvalue weighted by molar-refractivity contribution is 5.97. The van der Waals surface area contributed by atoms with Crippen LogP contribution in [0.4, 0.5) is 10.1 Å². The molecule has 0 aromatic heterocycles. The van der Waals surface area contributed by atoms with Crippen molar-refractivity contribution in [3.05, 3.63) is 29.6 Å². The number of likely N-dealkylation sites (N-methyl/N-ethyl adjacent to an activating group) is 1. The van der Waals surface area contributed by atoms with Crippen molar-refractivity contribution < 1.29 is 14.0 Å². The van der Waals surface area contributed by atoms with Crippen LogP contribution >= 0.6 is 0 Å². The molecule has 0 heterocycles.